The number of anilines is 1. The van der Waals surface area contributed by atoms with Crippen LogP contribution in [0.3, 0.4) is 0 Å². The number of nitrogens with zero attached hydrogens (tertiary/aromatic N) is 1. The van der Waals surface area contributed by atoms with Crippen molar-refractivity contribution < 1.29 is 9.53 Å². The van der Waals surface area contributed by atoms with Crippen LogP contribution in [0.2, 0.25) is 5.02 Å². The van der Waals surface area contributed by atoms with E-state index in [-0.39, 0.29) is 17.4 Å². The Bertz CT molecular complexity index is 1530. The average molecular weight is 559 g/mol. The molecule has 0 bridgehead atoms. The number of hydrogen-bond acceptors (Lipinski definition) is 4. The highest BCUT2D eigenvalue weighted by Crippen LogP contribution is 2.45. The molecule has 1 aliphatic carbocycles. The molecular weight excluding hydrogens is 524 g/mol. The lowest BCUT2D eigenvalue weighted by atomic mass is 9.72. The molecule has 3 aromatic carbocycles. The van der Waals surface area contributed by atoms with Crippen molar-refractivity contribution in [1.29, 1.82) is 0 Å². The summed E-state index contributed by atoms with van der Waals surface area (Å²) in [5.74, 6) is 1.22. The van der Waals surface area contributed by atoms with Gasteiger partial charge in [-0.2, -0.15) is 0 Å². The van der Waals surface area contributed by atoms with Crippen molar-refractivity contribution in [2.24, 2.45) is 16.3 Å². The van der Waals surface area contributed by atoms with Crippen LogP contribution in [0, 0.1) is 11.3 Å². The van der Waals surface area contributed by atoms with Gasteiger partial charge in [-0.15, -0.1) is 11.3 Å². The fourth-order valence-electron chi connectivity index (χ4n) is 5.25. The highest BCUT2D eigenvalue weighted by Gasteiger charge is 2.33. The Labute approximate surface area is 240 Å². The highest BCUT2D eigenvalue weighted by atomic mass is 35.5. The van der Waals surface area contributed by atoms with Gasteiger partial charge < -0.3 is 10.1 Å². The second-order valence-corrected chi connectivity index (χ2v) is 13.1. The zero-order valence-corrected chi connectivity index (χ0v) is 24.7. The summed E-state index contributed by atoms with van der Waals surface area (Å²) >= 11 is 7.71. The normalized spacial score (nSPS) is 15.6. The molecule has 1 N–H and O–H groups in total. The van der Waals surface area contributed by atoms with Crippen molar-refractivity contribution >= 4 is 56.5 Å². The van der Waals surface area contributed by atoms with Gasteiger partial charge in [0.15, 0.2) is 0 Å². The van der Waals surface area contributed by atoms with E-state index in [1.165, 1.54) is 4.88 Å². The number of nitrogens with one attached hydrogen (secondary N) is 1. The van der Waals surface area contributed by atoms with Crippen LogP contribution in [0.1, 0.15) is 67.4 Å². The van der Waals surface area contributed by atoms with Crippen molar-refractivity contribution in [3.8, 4) is 5.75 Å². The fraction of sp³-hybridized carbons (Fsp3) is 0.333. The summed E-state index contributed by atoms with van der Waals surface area (Å²) in [6.45, 7) is 11.0. The first-order valence-electron chi connectivity index (χ1n) is 13.5. The van der Waals surface area contributed by atoms with E-state index in [1.54, 1.807) is 23.5 Å². The van der Waals surface area contributed by atoms with Crippen LogP contribution >= 0.6 is 22.9 Å². The van der Waals surface area contributed by atoms with Crippen molar-refractivity contribution in [2.75, 3.05) is 5.32 Å². The summed E-state index contributed by atoms with van der Waals surface area (Å²) in [5, 5.41) is 6.64. The molecule has 0 radical (unpaired) electrons. The molecule has 0 spiro atoms. The smallest absolute Gasteiger partial charge is 0.259 e. The van der Waals surface area contributed by atoms with Gasteiger partial charge in [0.2, 0.25) is 0 Å². The third kappa shape index (κ3) is 6.05. The molecule has 1 aliphatic rings. The minimum Gasteiger partial charge on any atom is -0.490 e. The summed E-state index contributed by atoms with van der Waals surface area (Å²) in [5.41, 5.74) is 3.66. The zero-order valence-electron chi connectivity index (χ0n) is 23.2. The molecule has 6 heteroatoms. The summed E-state index contributed by atoms with van der Waals surface area (Å²) in [4.78, 5) is 20.0. The Kier molecular flexibility index (Phi) is 7.84. The molecule has 0 aliphatic heterocycles. The SMILES string of the molecule is CC(C)Oc1ccc2ccccc2c1C=Nc1sc2c(c1C(=O)Nc1ccc(Cl)cc1)CC[C@@H](C(C)(C)C)C2. The van der Waals surface area contributed by atoms with Crippen LogP contribution in [-0.4, -0.2) is 18.2 Å². The number of thiophene rings is 1. The number of aliphatic imine (C=N–C) groups is 1. The Morgan fingerprint density at radius 3 is 2.56 bits per heavy atom. The van der Waals surface area contributed by atoms with Crippen molar-refractivity contribution in [2.45, 2.75) is 60.0 Å². The zero-order chi connectivity index (χ0) is 27.7. The van der Waals surface area contributed by atoms with Gasteiger partial charge in [0, 0.05) is 27.4 Å². The topological polar surface area (TPSA) is 50.7 Å². The molecule has 39 heavy (non-hydrogen) atoms. The molecule has 5 rings (SSSR count). The first-order chi connectivity index (χ1) is 18.6. The summed E-state index contributed by atoms with van der Waals surface area (Å²) in [6, 6.07) is 19.5. The summed E-state index contributed by atoms with van der Waals surface area (Å²) in [7, 11) is 0. The molecule has 1 atom stereocenters. The standard InChI is InChI=1S/C33H35ClN2O2S/c1-20(2)38-28-17-10-21-8-6-7-9-25(21)27(28)19-35-32-30(31(37)36-24-14-12-23(34)13-15-24)26-16-11-22(33(3,4)5)18-29(26)39-32/h6-10,12-15,17,19-20,22H,11,16,18H2,1-5H3,(H,36,37)/t22-/m1/s1. The number of hydrogen-bond donors (Lipinski definition) is 1. The van der Waals surface area contributed by atoms with Crippen molar-refractivity contribution in [3.05, 3.63) is 87.3 Å². The Hall–Kier alpha value is -3.15. The molecule has 202 valence electrons. The minimum atomic E-state index is -0.132. The van der Waals surface area contributed by atoms with Gasteiger partial charge in [0.25, 0.3) is 5.91 Å². The fourth-order valence-corrected chi connectivity index (χ4v) is 6.65. The maximum Gasteiger partial charge on any atom is 0.259 e. The molecule has 1 heterocycles. The van der Waals surface area contributed by atoms with Gasteiger partial charge in [0.05, 0.1) is 11.7 Å². The number of halogens is 1. The van der Waals surface area contributed by atoms with E-state index in [1.807, 2.05) is 50.4 Å². The van der Waals surface area contributed by atoms with Crippen LogP contribution in [0.5, 0.6) is 5.75 Å². The molecule has 0 unspecified atom stereocenters. The first kappa shape index (κ1) is 27.4. The number of carbonyl (C=O) groups excluding carboxylic acids is 1. The molecular formula is C33H35ClN2O2S. The Morgan fingerprint density at radius 1 is 1.10 bits per heavy atom. The van der Waals surface area contributed by atoms with Gasteiger partial charge in [-0.05, 0) is 91.1 Å². The number of ether oxygens (including phenoxy) is 1. The second kappa shape index (κ2) is 11.1. The van der Waals surface area contributed by atoms with Crippen LogP contribution in [0.15, 0.2) is 65.7 Å². The van der Waals surface area contributed by atoms with E-state index in [0.717, 1.165) is 51.9 Å². The average Bonchev–Trinajstić information content (AvgIpc) is 3.26. The highest BCUT2D eigenvalue weighted by molar-refractivity contribution is 7.16. The van der Waals surface area contributed by atoms with Gasteiger partial charge in [-0.3, -0.25) is 4.79 Å². The minimum absolute atomic E-state index is 0.0300. The van der Waals surface area contributed by atoms with E-state index >= 15 is 0 Å². The molecule has 4 aromatic rings. The maximum absolute atomic E-state index is 13.7. The van der Waals surface area contributed by atoms with E-state index in [0.29, 0.717) is 22.2 Å². The Morgan fingerprint density at radius 2 is 1.85 bits per heavy atom. The largest absolute Gasteiger partial charge is 0.490 e. The van der Waals surface area contributed by atoms with Crippen LogP contribution in [0.25, 0.3) is 10.8 Å². The van der Waals surface area contributed by atoms with Crippen LogP contribution in [0.4, 0.5) is 10.7 Å². The number of benzene rings is 3. The molecule has 1 amide bonds. The van der Waals surface area contributed by atoms with E-state index in [2.05, 4.69) is 44.3 Å². The third-order valence-electron chi connectivity index (χ3n) is 7.40. The molecule has 0 saturated heterocycles. The Balaban J connectivity index is 1.58. The predicted molar refractivity (Wildman–Crippen MR) is 166 cm³/mol. The van der Waals surface area contributed by atoms with Crippen LogP contribution in [-0.2, 0) is 12.8 Å². The van der Waals surface area contributed by atoms with E-state index in [9.17, 15) is 4.79 Å². The molecule has 4 nitrogen and oxygen atoms in total. The van der Waals surface area contributed by atoms with Crippen molar-refractivity contribution in [1.82, 2.24) is 0 Å². The number of rotatable bonds is 6. The van der Waals surface area contributed by atoms with E-state index < -0.39 is 0 Å². The quantitative estimate of drug-likeness (QED) is 0.239. The molecule has 1 aromatic heterocycles. The number of amides is 1. The lowest BCUT2D eigenvalue weighted by Crippen LogP contribution is -2.27. The predicted octanol–water partition coefficient (Wildman–Crippen LogP) is 9.50. The van der Waals surface area contributed by atoms with Crippen LogP contribution < -0.4 is 10.1 Å². The lowest BCUT2D eigenvalue weighted by molar-refractivity contribution is 0.102. The second-order valence-electron chi connectivity index (χ2n) is 11.6. The monoisotopic (exact) mass is 558 g/mol. The van der Waals surface area contributed by atoms with Gasteiger partial charge in [0.1, 0.15) is 10.8 Å². The van der Waals surface area contributed by atoms with Gasteiger partial charge in [-0.25, -0.2) is 4.99 Å². The van der Waals surface area contributed by atoms with Gasteiger partial charge >= 0.3 is 0 Å². The maximum atomic E-state index is 13.7. The first-order valence-corrected chi connectivity index (χ1v) is 14.7. The molecule has 0 saturated carbocycles. The lowest BCUT2D eigenvalue weighted by Gasteiger charge is -2.33. The molecule has 0 fully saturated rings. The number of carbonyl (C=O) groups is 1. The number of fused-ring (bicyclic) bond motifs is 2. The van der Waals surface area contributed by atoms with Crippen molar-refractivity contribution in [3.63, 3.8) is 0 Å². The summed E-state index contributed by atoms with van der Waals surface area (Å²) < 4.78 is 6.16. The van der Waals surface area contributed by atoms with Gasteiger partial charge in [-0.1, -0.05) is 62.7 Å². The van der Waals surface area contributed by atoms with E-state index in [4.69, 9.17) is 21.3 Å². The summed E-state index contributed by atoms with van der Waals surface area (Å²) in [6.07, 6.45) is 4.81. The third-order valence-corrected chi connectivity index (χ3v) is 8.82.